The molecule has 4 rings (SSSR count). The molecule has 13 heteroatoms. The molecule has 0 unspecified atom stereocenters. The molecule has 1 aliphatic rings. The van der Waals surface area contributed by atoms with Crippen LogP contribution in [0, 0.1) is 11.6 Å². The number of ether oxygens (including phenoxy) is 5. The Balaban J connectivity index is 1.60. The van der Waals surface area contributed by atoms with E-state index in [1.54, 1.807) is 71.9 Å². The first-order valence-electron chi connectivity index (χ1n) is 16.7. The molecule has 1 fully saturated rings. The normalized spacial score (nSPS) is 17.1. The number of esters is 1. The molecule has 2 heterocycles. The van der Waals surface area contributed by atoms with Crippen LogP contribution < -0.4 is 10.1 Å². The van der Waals surface area contributed by atoms with Gasteiger partial charge in [-0.25, -0.2) is 28.1 Å². The van der Waals surface area contributed by atoms with Gasteiger partial charge in [-0.3, -0.25) is 4.90 Å². The highest BCUT2D eigenvalue weighted by Crippen LogP contribution is 2.29. The maximum Gasteiger partial charge on any atom is 0.410 e. The molecule has 51 heavy (non-hydrogen) atoms. The van der Waals surface area contributed by atoms with Crippen LogP contribution in [0.15, 0.2) is 48.5 Å². The van der Waals surface area contributed by atoms with Crippen LogP contribution in [0.25, 0.3) is 17.0 Å². The van der Waals surface area contributed by atoms with Gasteiger partial charge >= 0.3 is 18.2 Å². The zero-order valence-corrected chi connectivity index (χ0v) is 30.4. The number of alkyl carbamates (subject to hydrolysis) is 1. The average molecular weight is 712 g/mol. The number of amides is 2. The zero-order chi connectivity index (χ0) is 37.5. The first-order valence-corrected chi connectivity index (χ1v) is 16.7. The molecular formula is C38H47F2N3O8. The van der Waals surface area contributed by atoms with Gasteiger partial charge < -0.3 is 29.0 Å². The van der Waals surface area contributed by atoms with Gasteiger partial charge in [-0.2, -0.15) is 0 Å². The van der Waals surface area contributed by atoms with Crippen molar-refractivity contribution in [1.82, 2.24) is 15.2 Å². The van der Waals surface area contributed by atoms with Crippen molar-refractivity contribution in [2.45, 2.75) is 90.2 Å². The fourth-order valence-corrected chi connectivity index (χ4v) is 5.74. The van der Waals surface area contributed by atoms with Crippen molar-refractivity contribution in [1.29, 1.82) is 0 Å². The summed E-state index contributed by atoms with van der Waals surface area (Å²) in [5, 5.41) is 3.53. The molecular weight excluding hydrogens is 664 g/mol. The molecule has 1 aromatic heterocycles. The van der Waals surface area contributed by atoms with Crippen molar-refractivity contribution in [3.63, 3.8) is 0 Å². The molecule has 11 nitrogen and oxygen atoms in total. The maximum absolute atomic E-state index is 14.3. The summed E-state index contributed by atoms with van der Waals surface area (Å²) in [7, 11) is 2.80. The predicted molar refractivity (Wildman–Crippen MR) is 188 cm³/mol. The summed E-state index contributed by atoms with van der Waals surface area (Å²) in [6, 6.07) is 8.92. The smallest absolute Gasteiger partial charge is 0.410 e. The van der Waals surface area contributed by atoms with Crippen LogP contribution in [0.4, 0.5) is 18.4 Å². The minimum Gasteiger partial charge on any atom is -0.481 e. The number of nitrogens with zero attached hydrogens (tertiary/aromatic N) is 2. The number of hydrogen-bond acceptors (Lipinski definition) is 9. The van der Waals surface area contributed by atoms with Crippen LogP contribution in [0.5, 0.6) is 5.88 Å². The molecule has 0 spiro atoms. The molecule has 3 atom stereocenters. The minimum atomic E-state index is -0.781. The first-order chi connectivity index (χ1) is 24.0. The quantitative estimate of drug-likeness (QED) is 0.171. The SMILES string of the molecule is COC(=O)c1ccc(C[C@@H](NC(=O)OC(C)(C)C)[C@@H]2CC[C@@H](N(CC=Cc3cc(F)ccc3F)C(=O)OC(C)(C)C)CO2)c2nc(OC)ccc12. The topological polar surface area (TPSA) is 126 Å². The van der Waals surface area contributed by atoms with Crippen molar-refractivity contribution >= 4 is 35.1 Å². The lowest BCUT2D eigenvalue weighted by Gasteiger charge is -2.39. The van der Waals surface area contributed by atoms with Gasteiger partial charge in [0.1, 0.15) is 22.8 Å². The van der Waals surface area contributed by atoms with E-state index in [-0.39, 0.29) is 25.1 Å². The van der Waals surface area contributed by atoms with Gasteiger partial charge in [0.05, 0.1) is 50.1 Å². The van der Waals surface area contributed by atoms with E-state index in [1.807, 2.05) is 0 Å². The first kappa shape index (κ1) is 39.0. The van der Waals surface area contributed by atoms with E-state index in [2.05, 4.69) is 10.3 Å². The average Bonchev–Trinajstić information content (AvgIpc) is 3.05. The van der Waals surface area contributed by atoms with E-state index in [0.29, 0.717) is 40.8 Å². The van der Waals surface area contributed by atoms with Crippen LogP contribution in [0.2, 0.25) is 0 Å². The van der Waals surface area contributed by atoms with Crippen LogP contribution >= 0.6 is 0 Å². The fraction of sp³-hybridized carbons (Fsp3) is 0.474. The Morgan fingerprint density at radius 2 is 1.73 bits per heavy atom. The van der Waals surface area contributed by atoms with Crippen molar-refractivity contribution in [2.75, 3.05) is 27.4 Å². The van der Waals surface area contributed by atoms with E-state index in [9.17, 15) is 23.2 Å². The lowest BCUT2D eigenvalue weighted by Crippen LogP contribution is -2.53. The Bertz CT molecular complexity index is 1740. The molecule has 276 valence electrons. The Morgan fingerprint density at radius 3 is 2.35 bits per heavy atom. The number of halogens is 2. The summed E-state index contributed by atoms with van der Waals surface area (Å²) >= 11 is 0. The second-order valence-electron chi connectivity index (χ2n) is 14.3. The highest BCUT2D eigenvalue weighted by Gasteiger charge is 2.36. The molecule has 2 aromatic carbocycles. The summed E-state index contributed by atoms with van der Waals surface area (Å²) in [5.74, 6) is -1.35. The third-order valence-corrected chi connectivity index (χ3v) is 8.03. The summed E-state index contributed by atoms with van der Waals surface area (Å²) in [5.41, 5.74) is 0.0582. The number of hydrogen-bond donors (Lipinski definition) is 1. The van der Waals surface area contributed by atoms with Gasteiger partial charge in [0, 0.05) is 23.6 Å². The van der Waals surface area contributed by atoms with Crippen molar-refractivity contribution in [2.24, 2.45) is 0 Å². The maximum atomic E-state index is 14.3. The van der Waals surface area contributed by atoms with E-state index in [4.69, 9.17) is 23.7 Å². The third kappa shape index (κ3) is 10.9. The number of carbonyl (C=O) groups excluding carboxylic acids is 3. The Kier molecular flexibility index (Phi) is 12.6. The van der Waals surface area contributed by atoms with Gasteiger partial charge in [-0.05, 0) is 96.7 Å². The molecule has 0 bridgehead atoms. The molecule has 1 saturated heterocycles. The molecule has 1 N–H and O–H groups in total. The van der Waals surface area contributed by atoms with Gasteiger partial charge in [0.25, 0.3) is 0 Å². The number of carbonyl (C=O) groups is 3. The van der Waals surface area contributed by atoms with E-state index < -0.39 is 59.2 Å². The lowest BCUT2D eigenvalue weighted by molar-refractivity contribution is -0.0560. The second kappa shape index (κ2) is 16.5. The van der Waals surface area contributed by atoms with Crippen molar-refractivity contribution in [3.8, 4) is 5.88 Å². The number of aromatic nitrogens is 1. The molecule has 2 amide bonds. The summed E-state index contributed by atoms with van der Waals surface area (Å²) in [4.78, 5) is 45.2. The lowest BCUT2D eigenvalue weighted by atomic mass is 9.92. The molecule has 0 saturated carbocycles. The Labute approximate surface area is 297 Å². The Hall–Kier alpha value is -4.78. The molecule has 3 aromatic rings. The van der Waals surface area contributed by atoms with Crippen LogP contribution in [-0.2, 0) is 25.4 Å². The van der Waals surface area contributed by atoms with Crippen molar-refractivity contribution < 1.29 is 46.8 Å². The highest BCUT2D eigenvalue weighted by atomic mass is 19.1. The van der Waals surface area contributed by atoms with E-state index in [1.165, 1.54) is 25.2 Å². The van der Waals surface area contributed by atoms with Gasteiger partial charge in [-0.1, -0.05) is 18.2 Å². The van der Waals surface area contributed by atoms with E-state index in [0.717, 1.165) is 18.2 Å². The van der Waals surface area contributed by atoms with Gasteiger partial charge in [0.2, 0.25) is 5.88 Å². The monoisotopic (exact) mass is 711 g/mol. The molecule has 0 radical (unpaired) electrons. The number of rotatable bonds is 10. The third-order valence-electron chi connectivity index (χ3n) is 8.03. The predicted octanol–water partition coefficient (Wildman–Crippen LogP) is 7.24. The number of benzene rings is 2. The highest BCUT2D eigenvalue weighted by molar-refractivity contribution is 6.04. The van der Waals surface area contributed by atoms with Gasteiger partial charge in [0.15, 0.2) is 0 Å². The Morgan fingerprint density at radius 1 is 1.00 bits per heavy atom. The van der Waals surface area contributed by atoms with Gasteiger partial charge in [-0.15, -0.1) is 0 Å². The summed E-state index contributed by atoms with van der Waals surface area (Å²) in [6.07, 6.45) is 2.43. The number of methoxy groups -OCH3 is 2. The zero-order valence-electron chi connectivity index (χ0n) is 30.4. The standard InChI is InChI=1S/C38H47F2N3O8/c1-37(2,3)50-35(45)41-30(21-24-11-14-28(34(44)48-8)27-15-18-32(47-7)42-33(24)27)31-17-13-26(22-49-31)43(36(46)51-38(4,5)6)19-9-10-23-20-25(39)12-16-29(23)40/h9-12,14-16,18,20,26,30-31H,13,17,19,21-22H2,1-8H3,(H,41,45)/t26-,30-,31+/m1/s1. The number of nitrogens with one attached hydrogen (secondary N) is 1. The van der Waals surface area contributed by atoms with E-state index >= 15 is 0 Å². The molecule has 1 aliphatic heterocycles. The molecule has 0 aliphatic carbocycles. The number of pyridine rings is 1. The second-order valence-corrected chi connectivity index (χ2v) is 14.3. The van der Waals surface area contributed by atoms with Crippen LogP contribution in [0.1, 0.15) is 75.9 Å². The van der Waals surface area contributed by atoms with Crippen LogP contribution in [-0.4, -0.2) is 84.8 Å². The minimum absolute atomic E-state index is 0.0504. The van der Waals surface area contributed by atoms with Crippen LogP contribution in [0.3, 0.4) is 0 Å². The summed E-state index contributed by atoms with van der Waals surface area (Å²) in [6.45, 7) is 10.7. The largest absolute Gasteiger partial charge is 0.481 e. The fourth-order valence-electron chi connectivity index (χ4n) is 5.74. The van der Waals surface area contributed by atoms with Crippen molar-refractivity contribution in [3.05, 3.63) is 76.9 Å². The number of fused-ring (bicyclic) bond motifs is 1. The summed E-state index contributed by atoms with van der Waals surface area (Å²) < 4.78 is 56.0.